The van der Waals surface area contributed by atoms with Crippen LogP contribution in [0, 0.1) is 12.3 Å². The highest BCUT2D eigenvalue weighted by Gasteiger charge is 2.03. The molecule has 0 aliphatic heterocycles. The minimum atomic E-state index is 0.516. The van der Waals surface area contributed by atoms with Crippen LogP contribution in [-0.4, -0.2) is 24.0 Å². The first-order valence-electron chi connectivity index (χ1n) is 6.62. The summed E-state index contributed by atoms with van der Waals surface area (Å²) in [4.78, 5) is 2.26. The van der Waals surface area contributed by atoms with Gasteiger partial charge >= 0.3 is 0 Å². The van der Waals surface area contributed by atoms with Crippen LogP contribution in [0.25, 0.3) is 0 Å². The molecule has 0 radical (unpaired) electrons. The average molecular weight is 244 g/mol. The van der Waals surface area contributed by atoms with Gasteiger partial charge in [0.15, 0.2) is 0 Å². The maximum atomic E-state index is 5.37. The van der Waals surface area contributed by atoms with Crippen LogP contribution in [0.4, 0.5) is 0 Å². The fraction of sp³-hybridized carbons (Fsp3) is 0.500. The Morgan fingerprint density at radius 1 is 1.33 bits per heavy atom. The zero-order valence-corrected chi connectivity index (χ0v) is 11.7. The van der Waals surface area contributed by atoms with Crippen LogP contribution in [0.15, 0.2) is 24.3 Å². The van der Waals surface area contributed by atoms with Crippen molar-refractivity contribution in [3.05, 3.63) is 35.4 Å². The van der Waals surface area contributed by atoms with E-state index in [2.05, 4.69) is 61.2 Å². The van der Waals surface area contributed by atoms with Crippen molar-refractivity contribution in [3.8, 4) is 12.3 Å². The zero-order valence-electron chi connectivity index (χ0n) is 11.7. The molecular weight excluding hydrogens is 220 g/mol. The summed E-state index contributed by atoms with van der Waals surface area (Å²) >= 11 is 0. The molecule has 0 bridgehead atoms. The molecule has 0 aromatic heterocycles. The lowest BCUT2D eigenvalue weighted by Crippen LogP contribution is -2.24. The Balaban J connectivity index is 2.61. The molecule has 2 heteroatoms. The van der Waals surface area contributed by atoms with Crippen molar-refractivity contribution >= 4 is 0 Å². The van der Waals surface area contributed by atoms with Gasteiger partial charge in [0.2, 0.25) is 0 Å². The van der Waals surface area contributed by atoms with Gasteiger partial charge in [-0.05, 0) is 17.7 Å². The summed E-state index contributed by atoms with van der Waals surface area (Å²) in [5.41, 5.74) is 2.66. The van der Waals surface area contributed by atoms with Gasteiger partial charge in [-0.1, -0.05) is 51.0 Å². The molecule has 2 nitrogen and oxygen atoms in total. The highest BCUT2D eigenvalue weighted by Crippen LogP contribution is 2.08. The van der Waals surface area contributed by atoms with E-state index in [1.807, 2.05) is 0 Å². The van der Waals surface area contributed by atoms with Crippen LogP contribution in [0.1, 0.15) is 31.9 Å². The van der Waals surface area contributed by atoms with Crippen molar-refractivity contribution in [2.75, 3.05) is 13.1 Å². The molecule has 18 heavy (non-hydrogen) atoms. The van der Waals surface area contributed by atoms with Crippen LogP contribution < -0.4 is 5.32 Å². The third kappa shape index (κ3) is 5.35. The lowest BCUT2D eigenvalue weighted by molar-refractivity contribution is 0.316. The normalized spacial score (nSPS) is 10.9. The van der Waals surface area contributed by atoms with Crippen LogP contribution in [-0.2, 0) is 13.1 Å². The van der Waals surface area contributed by atoms with Gasteiger partial charge in [-0.3, -0.25) is 4.90 Å². The third-order valence-corrected chi connectivity index (χ3v) is 2.87. The van der Waals surface area contributed by atoms with Gasteiger partial charge in [-0.2, -0.15) is 0 Å². The van der Waals surface area contributed by atoms with E-state index in [1.165, 1.54) is 11.1 Å². The van der Waals surface area contributed by atoms with Crippen molar-refractivity contribution in [2.24, 2.45) is 0 Å². The van der Waals surface area contributed by atoms with E-state index in [0.717, 1.165) is 19.6 Å². The van der Waals surface area contributed by atoms with E-state index in [0.29, 0.717) is 12.6 Å². The van der Waals surface area contributed by atoms with Crippen molar-refractivity contribution in [2.45, 2.75) is 39.9 Å². The second-order valence-electron chi connectivity index (χ2n) is 4.86. The van der Waals surface area contributed by atoms with E-state index in [1.54, 1.807) is 0 Å². The highest BCUT2D eigenvalue weighted by atomic mass is 15.1. The Kier molecular flexibility index (Phi) is 6.49. The lowest BCUT2D eigenvalue weighted by atomic mass is 10.1. The van der Waals surface area contributed by atoms with Gasteiger partial charge in [-0.25, -0.2) is 0 Å². The number of nitrogens with one attached hydrogen (secondary N) is 1. The third-order valence-electron chi connectivity index (χ3n) is 2.87. The topological polar surface area (TPSA) is 15.3 Å². The summed E-state index contributed by atoms with van der Waals surface area (Å²) in [6.07, 6.45) is 5.37. The molecular formula is C16H24N2. The molecule has 0 saturated heterocycles. The largest absolute Gasteiger partial charge is 0.310 e. The molecule has 0 atom stereocenters. The Hall–Kier alpha value is -1.30. The summed E-state index contributed by atoms with van der Waals surface area (Å²) in [5.74, 6) is 2.71. The standard InChI is InChI=1S/C16H24N2/c1-5-10-18(6-2)13-16-9-7-8-15(11-16)12-17-14(3)4/h1,7-9,11,14,17H,6,10,12-13H2,2-4H3. The van der Waals surface area contributed by atoms with Crippen molar-refractivity contribution in [3.63, 3.8) is 0 Å². The molecule has 0 amide bonds. The second-order valence-corrected chi connectivity index (χ2v) is 4.86. The van der Waals surface area contributed by atoms with Gasteiger partial charge < -0.3 is 5.32 Å². The van der Waals surface area contributed by atoms with Gasteiger partial charge in [0.25, 0.3) is 0 Å². The molecule has 0 unspecified atom stereocenters. The Morgan fingerprint density at radius 2 is 2.06 bits per heavy atom. The molecule has 0 aliphatic rings. The predicted molar refractivity (Wildman–Crippen MR) is 78.2 cm³/mol. The molecule has 0 fully saturated rings. The molecule has 1 N–H and O–H groups in total. The summed E-state index contributed by atoms with van der Waals surface area (Å²) in [7, 11) is 0. The number of terminal acetylenes is 1. The monoisotopic (exact) mass is 244 g/mol. The maximum Gasteiger partial charge on any atom is 0.0601 e. The maximum absolute atomic E-state index is 5.37. The van der Waals surface area contributed by atoms with Crippen LogP contribution in [0.2, 0.25) is 0 Å². The van der Waals surface area contributed by atoms with E-state index in [-0.39, 0.29) is 0 Å². The highest BCUT2D eigenvalue weighted by molar-refractivity contribution is 5.23. The van der Waals surface area contributed by atoms with E-state index in [9.17, 15) is 0 Å². The average Bonchev–Trinajstić information content (AvgIpc) is 2.36. The summed E-state index contributed by atoms with van der Waals surface area (Å²) in [5, 5.41) is 3.44. The zero-order chi connectivity index (χ0) is 13.4. The summed E-state index contributed by atoms with van der Waals surface area (Å²) in [6.45, 7) is 10.0. The van der Waals surface area contributed by atoms with Gasteiger partial charge in [0.05, 0.1) is 6.54 Å². The molecule has 0 heterocycles. The SMILES string of the molecule is C#CCN(CC)Cc1cccc(CNC(C)C)c1. The molecule has 1 rings (SSSR count). The number of rotatable bonds is 7. The van der Waals surface area contributed by atoms with Gasteiger partial charge in [-0.15, -0.1) is 6.42 Å². The molecule has 0 saturated carbocycles. The second kappa shape index (κ2) is 7.92. The number of benzene rings is 1. The minimum absolute atomic E-state index is 0.516. The van der Waals surface area contributed by atoms with E-state index >= 15 is 0 Å². The summed E-state index contributed by atoms with van der Waals surface area (Å²) in [6, 6.07) is 9.22. The minimum Gasteiger partial charge on any atom is -0.310 e. The summed E-state index contributed by atoms with van der Waals surface area (Å²) < 4.78 is 0. The van der Waals surface area contributed by atoms with Gasteiger partial charge in [0.1, 0.15) is 0 Å². The number of nitrogens with zero attached hydrogens (tertiary/aromatic N) is 1. The lowest BCUT2D eigenvalue weighted by Gasteiger charge is -2.18. The first-order valence-corrected chi connectivity index (χ1v) is 6.62. The Labute approximate surface area is 111 Å². The number of hydrogen-bond donors (Lipinski definition) is 1. The predicted octanol–water partition coefficient (Wildman–Crippen LogP) is 2.64. The quantitative estimate of drug-likeness (QED) is 0.742. The molecule has 1 aromatic rings. The fourth-order valence-electron chi connectivity index (χ4n) is 1.83. The molecule has 0 aliphatic carbocycles. The molecule has 0 spiro atoms. The first-order chi connectivity index (χ1) is 8.65. The fourth-order valence-corrected chi connectivity index (χ4v) is 1.83. The number of hydrogen-bond acceptors (Lipinski definition) is 2. The van der Waals surface area contributed by atoms with E-state index < -0.39 is 0 Å². The molecule has 98 valence electrons. The Morgan fingerprint density at radius 3 is 2.67 bits per heavy atom. The van der Waals surface area contributed by atoms with E-state index in [4.69, 9.17) is 6.42 Å². The van der Waals surface area contributed by atoms with Crippen molar-refractivity contribution in [1.29, 1.82) is 0 Å². The van der Waals surface area contributed by atoms with Crippen molar-refractivity contribution < 1.29 is 0 Å². The molecule has 1 aromatic carbocycles. The van der Waals surface area contributed by atoms with Gasteiger partial charge in [0, 0.05) is 19.1 Å². The van der Waals surface area contributed by atoms with Crippen LogP contribution >= 0.6 is 0 Å². The van der Waals surface area contributed by atoms with Crippen LogP contribution in [0.3, 0.4) is 0 Å². The van der Waals surface area contributed by atoms with Crippen molar-refractivity contribution in [1.82, 2.24) is 10.2 Å². The smallest absolute Gasteiger partial charge is 0.0601 e. The van der Waals surface area contributed by atoms with Crippen LogP contribution in [0.5, 0.6) is 0 Å². The Bertz CT molecular complexity index is 390. The first kappa shape index (κ1) is 14.8.